The normalized spacial score (nSPS) is 20.3. The summed E-state index contributed by atoms with van der Waals surface area (Å²) in [4.78, 5) is 0. The highest BCUT2D eigenvalue weighted by Crippen LogP contribution is 2.44. The third kappa shape index (κ3) is 4.46. The second-order valence-corrected chi connectivity index (χ2v) is 8.47. The molecule has 0 fully saturated rings. The maximum atomic E-state index is 12.8. The van der Waals surface area contributed by atoms with E-state index in [1.807, 2.05) is 13.0 Å². The number of rotatable bonds is 4. The standard InChI is InChI=1S/C18H15F3INO3S/c1-2-17(22)10-15(11-3-5-12(6-4-11)18(19,20)21)14-8-7-13(23-27(24)25)9-16(14)26-17/h3-10,23H,2H2,1H3,(H,24,25). The fourth-order valence-corrected chi connectivity index (χ4v) is 3.63. The van der Waals surface area contributed by atoms with Crippen LogP contribution in [-0.2, 0) is 17.4 Å². The molecule has 2 aromatic carbocycles. The van der Waals surface area contributed by atoms with Crippen LogP contribution in [0, 0.1) is 0 Å². The van der Waals surface area contributed by atoms with Gasteiger partial charge in [0.1, 0.15) is 5.75 Å². The molecule has 0 spiro atoms. The lowest BCUT2D eigenvalue weighted by Gasteiger charge is -2.32. The molecular formula is C18H15F3INO3S. The number of halogens is 4. The first kappa shape index (κ1) is 20.2. The van der Waals surface area contributed by atoms with Crippen LogP contribution in [0.25, 0.3) is 5.57 Å². The summed E-state index contributed by atoms with van der Waals surface area (Å²) in [5, 5.41) is 0. The number of alkyl halides is 4. The van der Waals surface area contributed by atoms with Crippen molar-refractivity contribution in [2.75, 3.05) is 4.72 Å². The third-order valence-corrected chi connectivity index (χ3v) is 5.83. The number of benzene rings is 2. The minimum absolute atomic E-state index is 0.401. The minimum Gasteiger partial charge on any atom is -0.472 e. The summed E-state index contributed by atoms with van der Waals surface area (Å²) in [6.45, 7) is 1.93. The lowest BCUT2D eigenvalue weighted by Crippen LogP contribution is -2.28. The Labute approximate surface area is 170 Å². The average Bonchev–Trinajstić information content (AvgIpc) is 2.59. The summed E-state index contributed by atoms with van der Waals surface area (Å²) in [5.74, 6) is 0.485. The molecule has 0 radical (unpaired) electrons. The first-order chi connectivity index (χ1) is 12.6. The highest BCUT2D eigenvalue weighted by molar-refractivity contribution is 14.1. The van der Waals surface area contributed by atoms with Crippen molar-refractivity contribution in [2.24, 2.45) is 0 Å². The second kappa shape index (κ2) is 7.44. The van der Waals surface area contributed by atoms with Gasteiger partial charge in [-0.05, 0) is 70.5 Å². The van der Waals surface area contributed by atoms with Crippen LogP contribution in [0.5, 0.6) is 5.75 Å². The van der Waals surface area contributed by atoms with Crippen LogP contribution in [0.3, 0.4) is 0 Å². The van der Waals surface area contributed by atoms with Gasteiger partial charge in [-0.3, -0.25) is 9.27 Å². The van der Waals surface area contributed by atoms with E-state index in [9.17, 15) is 17.4 Å². The van der Waals surface area contributed by atoms with E-state index in [0.717, 1.165) is 17.7 Å². The Morgan fingerprint density at radius 3 is 2.44 bits per heavy atom. The van der Waals surface area contributed by atoms with Crippen LogP contribution >= 0.6 is 22.6 Å². The first-order valence-corrected chi connectivity index (χ1v) is 10.1. The number of anilines is 1. The molecule has 0 amide bonds. The Hall–Kier alpha value is -1.59. The fourth-order valence-electron chi connectivity index (χ4n) is 2.75. The summed E-state index contributed by atoms with van der Waals surface area (Å²) < 4.78 is 66.2. The number of hydrogen-bond acceptors (Lipinski definition) is 2. The van der Waals surface area contributed by atoms with Crippen molar-refractivity contribution in [2.45, 2.75) is 23.1 Å². The number of ether oxygens (including phenoxy) is 1. The lowest BCUT2D eigenvalue weighted by molar-refractivity contribution is -0.137. The summed E-state index contributed by atoms with van der Waals surface area (Å²) in [6, 6.07) is 9.90. The molecule has 2 N–H and O–H groups in total. The average molecular weight is 509 g/mol. The van der Waals surface area contributed by atoms with Gasteiger partial charge in [-0.1, -0.05) is 19.1 Å². The van der Waals surface area contributed by atoms with Crippen LogP contribution in [0.4, 0.5) is 18.9 Å². The molecule has 0 bridgehead atoms. The molecule has 144 valence electrons. The van der Waals surface area contributed by atoms with Crippen molar-refractivity contribution in [1.29, 1.82) is 0 Å². The molecule has 2 aromatic rings. The van der Waals surface area contributed by atoms with Crippen LogP contribution in [0.2, 0.25) is 0 Å². The molecule has 0 aliphatic carbocycles. The van der Waals surface area contributed by atoms with Crippen molar-refractivity contribution < 1.29 is 26.7 Å². The molecule has 2 atom stereocenters. The number of nitrogens with one attached hydrogen (secondary N) is 1. The van der Waals surface area contributed by atoms with Crippen molar-refractivity contribution in [3.63, 3.8) is 0 Å². The molecule has 0 aromatic heterocycles. The molecule has 0 saturated heterocycles. The Morgan fingerprint density at radius 2 is 1.89 bits per heavy atom. The summed E-state index contributed by atoms with van der Waals surface area (Å²) in [6.07, 6.45) is -1.88. The molecule has 4 nitrogen and oxygen atoms in total. The smallest absolute Gasteiger partial charge is 0.416 e. The molecule has 9 heteroatoms. The van der Waals surface area contributed by atoms with Gasteiger partial charge in [0.2, 0.25) is 0 Å². The SMILES string of the molecule is CCC1(I)C=C(c2ccc(C(F)(F)F)cc2)c2ccc(NS(=O)O)cc2O1. The van der Waals surface area contributed by atoms with E-state index < -0.39 is 26.6 Å². The van der Waals surface area contributed by atoms with Crippen LogP contribution in [0.15, 0.2) is 48.5 Å². The Balaban J connectivity index is 2.07. The predicted octanol–water partition coefficient (Wildman–Crippen LogP) is 5.62. The lowest BCUT2D eigenvalue weighted by atomic mass is 9.92. The van der Waals surface area contributed by atoms with Crippen molar-refractivity contribution in [3.05, 3.63) is 65.2 Å². The van der Waals surface area contributed by atoms with Gasteiger partial charge in [-0.25, -0.2) is 4.21 Å². The summed E-state index contributed by atoms with van der Waals surface area (Å²) in [5.41, 5.74) is 1.77. The zero-order chi connectivity index (χ0) is 19.8. The number of fused-ring (bicyclic) bond motifs is 1. The molecule has 2 unspecified atom stereocenters. The van der Waals surface area contributed by atoms with E-state index in [2.05, 4.69) is 27.3 Å². The molecule has 3 rings (SSSR count). The summed E-state index contributed by atoms with van der Waals surface area (Å²) >= 11 is -0.0818. The van der Waals surface area contributed by atoms with Gasteiger partial charge in [0, 0.05) is 11.6 Å². The Kier molecular flexibility index (Phi) is 5.55. The van der Waals surface area contributed by atoms with Gasteiger partial charge in [0.05, 0.1) is 11.3 Å². The van der Waals surface area contributed by atoms with E-state index in [-0.39, 0.29) is 0 Å². The van der Waals surface area contributed by atoms with Gasteiger partial charge in [-0.15, -0.1) is 0 Å². The highest BCUT2D eigenvalue weighted by Gasteiger charge is 2.33. The van der Waals surface area contributed by atoms with Crippen molar-refractivity contribution in [3.8, 4) is 5.75 Å². The van der Waals surface area contributed by atoms with Gasteiger partial charge in [-0.2, -0.15) is 13.2 Å². The zero-order valence-corrected chi connectivity index (χ0v) is 17.0. The molecule has 1 aliphatic rings. The maximum absolute atomic E-state index is 12.8. The second-order valence-electron chi connectivity index (χ2n) is 5.94. The van der Waals surface area contributed by atoms with Crippen LogP contribution < -0.4 is 9.46 Å². The molecule has 0 saturated carbocycles. The Bertz CT molecular complexity index is 915. The minimum atomic E-state index is -4.39. The Morgan fingerprint density at radius 1 is 1.22 bits per heavy atom. The van der Waals surface area contributed by atoms with Crippen LogP contribution in [-0.4, -0.2) is 12.4 Å². The van der Waals surface area contributed by atoms with Gasteiger partial charge >= 0.3 is 6.18 Å². The van der Waals surface area contributed by atoms with E-state index in [0.29, 0.717) is 29.0 Å². The zero-order valence-electron chi connectivity index (χ0n) is 14.0. The van der Waals surface area contributed by atoms with Gasteiger partial charge in [0.15, 0.2) is 3.61 Å². The van der Waals surface area contributed by atoms with Crippen molar-refractivity contribution >= 4 is 45.1 Å². The molecular weight excluding hydrogens is 494 g/mol. The fraction of sp³-hybridized carbons (Fsp3) is 0.222. The van der Waals surface area contributed by atoms with E-state index in [4.69, 9.17) is 9.29 Å². The summed E-state index contributed by atoms with van der Waals surface area (Å²) in [7, 11) is 0. The predicted molar refractivity (Wildman–Crippen MR) is 107 cm³/mol. The molecule has 1 aliphatic heterocycles. The van der Waals surface area contributed by atoms with Crippen molar-refractivity contribution in [1.82, 2.24) is 0 Å². The first-order valence-electron chi connectivity index (χ1n) is 7.91. The number of hydrogen-bond donors (Lipinski definition) is 2. The van der Waals surface area contributed by atoms with Gasteiger partial charge in [0.25, 0.3) is 11.3 Å². The molecule has 27 heavy (non-hydrogen) atoms. The topological polar surface area (TPSA) is 58.6 Å². The van der Waals surface area contributed by atoms with Crippen LogP contribution in [0.1, 0.15) is 30.0 Å². The maximum Gasteiger partial charge on any atom is 0.416 e. The third-order valence-electron chi connectivity index (χ3n) is 4.12. The highest BCUT2D eigenvalue weighted by atomic mass is 127. The molecule has 1 heterocycles. The monoisotopic (exact) mass is 509 g/mol. The van der Waals surface area contributed by atoms with E-state index in [1.54, 1.807) is 18.2 Å². The largest absolute Gasteiger partial charge is 0.472 e. The quantitative estimate of drug-likeness (QED) is 0.320. The van der Waals surface area contributed by atoms with E-state index >= 15 is 0 Å². The van der Waals surface area contributed by atoms with Gasteiger partial charge < -0.3 is 4.74 Å². The van der Waals surface area contributed by atoms with E-state index in [1.165, 1.54) is 12.1 Å².